The van der Waals surface area contributed by atoms with E-state index in [1.807, 2.05) is 0 Å². The van der Waals surface area contributed by atoms with Crippen molar-refractivity contribution in [3.05, 3.63) is 65.2 Å². The molecule has 130 valence electrons. The largest absolute Gasteiger partial charge is 0.388 e. The number of aryl methyl sites for hydroxylation is 2. The molecular weight excluding hydrogens is 320 g/mol. The number of aromatic nitrogens is 4. The summed E-state index contributed by atoms with van der Waals surface area (Å²) < 4.78 is 2.12. The van der Waals surface area contributed by atoms with Crippen LogP contribution in [0.2, 0.25) is 0 Å². The summed E-state index contributed by atoms with van der Waals surface area (Å²) in [6.45, 7) is 2.46. The fourth-order valence-corrected chi connectivity index (χ4v) is 2.15. The number of aliphatic hydroxyl groups is 2. The van der Waals surface area contributed by atoms with Gasteiger partial charge in [0.2, 0.25) is 0 Å². The number of hydrogen-bond acceptors (Lipinski definition) is 6. The first-order valence-corrected chi connectivity index (χ1v) is 7.16. The van der Waals surface area contributed by atoms with Crippen LogP contribution in [0.5, 0.6) is 0 Å². The summed E-state index contributed by atoms with van der Waals surface area (Å²) in [5.41, 5.74) is -1.92. The van der Waals surface area contributed by atoms with Gasteiger partial charge >= 0.3 is 11.4 Å². The Morgan fingerprint density at radius 2 is 1.17 bits per heavy atom. The van der Waals surface area contributed by atoms with Gasteiger partial charge in [-0.2, -0.15) is 0 Å². The molecule has 0 spiro atoms. The number of aromatic amines is 2. The summed E-state index contributed by atoms with van der Waals surface area (Å²) in [5, 5.41) is 20.1. The van der Waals surface area contributed by atoms with Gasteiger partial charge < -0.3 is 10.2 Å². The van der Waals surface area contributed by atoms with E-state index in [4.69, 9.17) is 0 Å². The Hall–Kier alpha value is -2.72. The van der Waals surface area contributed by atoms with Crippen LogP contribution in [0.25, 0.3) is 0 Å². The van der Waals surface area contributed by atoms with E-state index in [9.17, 15) is 29.4 Å². The minimum atomic E-state index is -1.37. The van der Waals surface area contributed by atoms with Gasteiger partial charge in [-0.05, 0) is 13.8 Å². The molecule has 2 aromatic rings. The third-order valence-corrected chi connectivity index (χ3v) is 3.59. The topological polar surface area (TPSA) is 150 Å². The molecule has 2 rings (SSSR count). The predicted octanol–water partition coefficient (Wildman–Crippen LogP) is -2.57. The molecule has 0 saturated carbocycles. The second kappa shape index (κ2) is 6.81. The lowest BCUT2D eigenvalue weighted by molar-refractivity contribution is -0.00152. The highest BCUT2D eigenvalue weighted by Gasteiger charge is 2.19. The smallest absolute Gasteiger partial charge is 0.328 e. The normalized spacial score (nSPS) is 13.7. The molecule has 0 unspecified atom stereocenters. The number of aliphatic hydroxyl groups excluding tert-OH is 2. The molecule has 10 heteroatoms. The van der Waals surface area contributed by atoms with E-state index in [0.717, 1.165) is 9.13 Å². The van der Waals surface area contributed by atoms with Crippen molar-refractivity contribution in [1.29, 1.82) is 0 Å². The molecule has 0 radical (unpaired) electrons. The summed E-state index contributed by atoms with van der Waals surface area (Å²) in [7, 11) is 0. The molecule has 0 aliphatic heterocycles. The molecule has 0 bridgehead atoms. The number of hydrogen-bond donors (Lipinski definition) is 4. The molecular formula is C14H18N4O6. The van der Waals surface area contributed by atoms with Crippen LogP contribution < -0.4 is 22.5 Å². The van der Waals surface area contributed by atoms with Gasteiger partial charge in [0, 0.05) is 23.5 Å². The van der Waals surface area contributed by atoms with Crippen molar-refractivity contribution in [2.45, 2.75) is 39.1 Å². The molecule has 10 nitrogen and oxygen atoms in total. The lowest BCUT2D eigenvalue weighted by Crippen LogP contribution is -2.41. The van der Waals surface area contributed by atoms with Crippen LogP contribution in [0.3, 0.4) is 0 Å². The Labute approximate surface area is 134 Å². The molecule has 24 heavy (non-hydrogen) atoms. The fourth-order valence-electron chi connectivity index (χ4n) is 2.15. The van der Waals surface area contributed by atoms with Gasteiger partial charge in [-0.15, -0.1) is 0 Å². The molecule has 0 aliphatic rings. The molecule has 2 heterocycles. The van der Waals surface area contributed by atoms with Crippen LogP contribution >= 0.6 is 0 Å². The zero-order valence-corrected chi connectivity index (χ0v) is 13.1. The first-order chi connectivity index (χ1) is 11.2. The van der Waals surface area contributed by atoms with Gasteiger partial charge in [0.25, 0.3) is 11.1 Å². The Bertz CT molecular complexity index is 887. The second-order valence-corrected chi connectivity index (χ2v) is 5.58. The number of nitrogens with one attached hydrogen (secondary N) is 2. The molecule has 0 aromatic carbocycles. The van der Waals surface area contributed by atoms with Crippen molar-refractivity contribution in [2.75, 3.05) is 0 Å². The summed E-state index contributed by atoms with van der Waals surface area (Å²) in [6.07, 6.45) is -0.194. The minimum Gasteiger partial charge on any atom is -0.388 e. The van der Waals surface area contributed by atoms with Crippen LogP contribution in [0, 0.1) is 13.8 Å². The number of H-pyrrole nitrogens is 2. The first kappa shape index (κ1) is 17.6. The van der Waals surface area contributed by atoms with E-state index in [1.165, 1.54) is 26.2 Å². The zero-order chi connectivity index (χ0) is 18.0. The first-order valence-electron chi connectivity index (χ1n) is 7.16. The van der Waals surface area contributed by atoms with Crippen molar-refractivity contribution in [3.63, 3.8) is 0 Å². The lowest BCUT2D eigenvalue weighted by Gasteiger charge is -2.19. The molecule has 0 amide bonds. The van der Waals surface area contributed by atoms with Crippen molar-refractivity contribution >= 4 is 0 Å². The number of nitrogens with zero attached hydrogens (tertiary/aromatic N) is 2. The van der Waals surface area contributed by atoms with Crippen molar-refractivity contribution < 1.29 is 10.2 Å². The summed E-state index contributed by atoms with van der Waals surface area (Å²) in [6, 6.07) is 0. The molecule has 4 N–H and O–H groups in total. The maximum absolute atomic E-state index is 11.7. The third kappa shape index (κ3) is 3.78. The fraction of sp³-hybridized carbons (Fsp3) is 0.429. The highest BCUT2D eigenvalue weighted by atomic mass is 16.3. The lowest BCUT2D eigenvalue weighted by atomic mass is 10.2. The van der Waals surface area contributed by atoms with Crippen LogP contribution in [0.1, 0.15) is 11.1 Å². The second-order valence-electron chi connectivity index (χ2n) is 5.58. The quantitative estimate of drug-likeness (QED) is 0.470. The average Bonchev–Trinajstić information content (AvgIpc) is 2.50. The molecule has 0 aliphatic carbocycles. The van der Waals surface area contributed by atoms with Gasteiger partial charge in [0.05, 0.1) is 25.3 Å². The van der Waals surface area contributed by atoms with Crippen LogP contribution in [-0.2, 0) is 13.1 Å². The summed E-state index contributed by atoms with van der Waals surface area (Å²) >= 11 is 0. The zero-order valence-electron chi connectivity index (χ0n) is 13.1. The van der Waals surface area contributed by atoms with Crippen molar-refractivity contribution in [2.24, 2.45) is 0 Å². The summed E-state index contributed by atoms with van der Waals surface area (Å²) in [5.74, 6) is 0. The molecule has 0 saturated heterocycles. The number of rotatable bonds is 5. The van der Waals surface area contributed by atoms with E-state index in [2.05, 4.69) is 9.97 Å². The monoisotopic (exact) mass is 338 g/mol. The van der Waals surface area contributed by atoms with Crippen LogP contribution in [0.15, 0.2) is 31.6 Å². The van der Waals surface area contributed by atoms with Gasteiger partial charge in [0.1, 0.15) is 0 Å². The van der Waals surface area contributed by atoms with Crippen molar-refractivity contribution in [1.82, 2.24) is 19.1 Å². The van der Waals surface area contributed by atoms with E-state index in [0.29, 0.717) is 0 Å². The summed E-state index contributed by atoms with van der Waals surface area (Å²) in [4.78, 5) is 50.1. The minimum absolute atomic E-state index is 0.269. The Kier molecular flexibility index (Phi) is 5.00. The van der Waals surface area contributed by atoms with E-state index < -0.39 is 34.7 Å². The van der Waals surface area contributed by atoms with Gasteiger partial charge in [-0.25, -0.2) is 9.59 Å². The molecule has 2 aromatic heterocycles. The molecule has 0 fully saturated rings. The van der Waals surface area contributed by atoms with Crippen molar-refractivity contribution in [3.8, 4) is 0 Å². The van der Waals surface area contributed by atoms with Gasteiger partial charge in [-0.1, -0.05) is 0 Å². The van der Waals surface area contributed by atoms with E-state index in [-0.39, 0.29) is 24.2 Å². The predicted molar refractivity (Wildman–Crippen MR) is 84.1 cm³/mol. The van der Waals surface area contributed by atoms with Gasteiger partial charge in [-0.3, -0.25) is 28.7 Å². The van der Waals surface area contributed by atoms with E-state index in [1.54, 1.807) is 0 Å². The van der Waals surface area contributed by atoms with E-state index >= 15 is 0 Å². The SMILES string of the molecule is Cc1cn(C[C@@H](O)[C@@H](O)Cn2cc(C)c(=O)[nH]c2=O)c(=O)[nH]c1=O. The standard InChI is InChI=1S/C14H18N4O6/c1-7-3-17(13(23)15-11(7)21)5-9(19)10(20)6-18-4-8(2)12(22)16-14(18)24/h3-4,9-10,19-20H,5-6H2,1-2H3,(H,15,21,23)(H,16,22,24)/t9-,10+. The highest BCUT2D eigenvalue weighted by molar-refractivity contribution is 5.02. The Morgan fingerprint density at radius 1 is 0.833 bits per heavy atom. The Morgan fingerprint density at radius 3 is 1.50 bits per heavy atom. The maximum Gasteiger partial charge on any atom is 0.328 e. The highest BCUT2D eigenvalue weighted by Crippen LogP contribution is 2.00. The average molecular weight is 338 g/mol. The van der Waals surface area contributed by atoms with Crippen LogP contribution in [-0.4, -0.2) is 41.5 Å². The van der Waals surface area contributed by atoms with Gasteiger partial charge in [0.15, 0.2) is 0 Å². The Balaban J connectivity index is 2.17. The maximum atomic E-state index is 11.7. The van der Waals surface area contributed by atoms with Crippen LogP contribution in [0.4, 0.5) is 0 Å². The third-order valence-electron chi connectivity index (χ3n) is 3.59. The molecule has 2 atom stereocenters.